The second-order valence-corrected chi connectivity index (χ2v) is 5.59. The van der Waals surface area contributed by atoms with E-state index >= 15 is 0 Å². The van der Waals surface area contributed by atoms with Crippen molar-refractivity contribution in [3.63, 3.8) is 0 Å². The molecule has 0 N–H and O–H groups in total. The summed E-state index contributed by atoms with van der Waals surface area (Å²) in [5, 5.41) is -0.132. The first-order valence-corrected chi connectivity index (χ1v) is 5.48. The molecule has 0 aromatic rings. The second kappa shape index (κ2) is 4.00. The van der Waals surface area contributed by atoms with Crippen molar-refractivity contribution < 1.29 is 4.79 Å². The lowest BCUT2D eigenvalue weighted by Gasteiger charge is -2.35. The Hall–Kier alpha value is -0.0400. The minimum Gasteiger partial charge on any atom is -0.281 e. The molecule has 13 heavy (non-hydrogen) atoms. The van der Waals surface area contributed by atoms with Crippen molar-refractivity contribution in [3.05, 3.63) is 0 Å². The van der Waals surface area contributed by atoms with Crippen molar-refractivity contribution in [2.45, 2.75) is 46.5 Å². The van der Waals surface area contributed by atoms with Crippen LogP contribution in [0.3, 0.4) is 0 Å². The molecule has 0 bridgehead atoms. The number of carbonyl (C=O) groups is 1. The third-order valence-electron chi connectivity index (χ3n) is 3.27. The fourth-order valence-corrected chi connectivity index (χ4v) is 2.40. The zero-order chi connectivity index (χ0) is 10.1. The number of carbonyl (C=O) groups excluding carboxylic acids is 1. The molecule has 0 heterocycles. The van der Waals surface area contributed by atoms with Crippen LogP contribution >= 0.6 is 11.6 Å². The number of hydrogen-bond donors (Lipinski definition) is 0. The summed E-state index contributed by atoms with van der Waals surface area (Å²) in [6, 6.07) is 0. The summed E-state index contributed by atoms with van der Waals surface area (Å²) in [7, 11) is 0. The van der Waals surface area contributed by atoms with Gasteiger partial charge in [0.1, 0.15) is 0 Å². The predicted molar refractivity (Wildman–Crippen MR) is 55.8 cm³/mol. The Balaban J connectivity index is 2.44. The topological polar surface area (TPSA) is 17.1 Å². The van der Waals surface area contributed by atoms with Crippen LogP contribution in [0.2, 0.25) is 0 Å². The molecule has 0 radical (unpaired) electrons. The molecule has 1 aliphatic rings. The molecule has 0 unspecified atom stereocenters. The van der Waals surface area contributed by atoms with E-state index < -0.39 is 0 Å². The number of rotatable bonds is 1. The molecule has 0 saturated heterocycles. The van der Waals surface area contributed by atoms with Gasteiger partial charge in [-0.25, -0.2) is 0 Å². The monoisotopic (exact) mass is 202 g/mol. The molecule has 2 heteroatoms. The highest BCUT2D eigenvalue weighted by molar-refractivity contribution is 6.63. The summed E-state index contributed by atoms with van der Waals surface area (Å²) in [5.41, 5.74) is 0.389. The van der Waals surface area contributed by atoms with Gasteiger partial charge in [-0.2, -0.15) is 0 Å². The Morgan fingerprint density at radius 2 is 1.62 bits per heavy atom. The van der Waals surface area contributed by atoms with Gasteiger partial charge in [-0.3, -0.25) is 4.79 Å². The molecule has 0 spiro atoms. The fraction of sp³-hybridized carbons (Fsp3) is 0.909. The lowest BCUT2D eigenvalue weighted by atomic mass is 9.70. The van der Waals surface area contributed by atoms with Gasteiger partial charge in [-0.1, -0.05) is 20.8 Å². The fourth-order valence-electron chi connectivity index (χ4n) is 2.19. The molecule has 0 aromatic carbocycles. The van der Waals surface area contributed by atoms with Crippen LogP contribution in [0.4, 0.5) is 0 Å². The Morgan fingerprint density at radius 1 is 1.15 bits per heavy atom. The molecule has 1 rings (SSSR count). The van der Waals surface area contributed by atoms with E-state index in [0.717, 1.165) is 31.6 Å². The summed E-state index contributed by atoms with van der Waals surface area (Å²) < 4.78 is 0. The smallest absolute Gasteiger partial charge is 0.224 e. The normalized spacial score (nSPS) is 30.2. The minimum atomic E-state index is -0.132. The highest BCUT2D eigenvalue weighted by Crippen LogP contribution is 2.40. The van der Waals surface area contributed by atoms with Gasteiger partial charge in [0.15, 0.2) is 0 Å². The maximum atomic E-state index is 10.9. The molecular weight excluding hydrogens is 184 g/mol. The average Bonchev–Trinajstić information content (AvgIpc) is 2.03. The van der Waals surface area contributed by atoms with E-state index in [-0.39, 0.29) is 11.2 Å². The molecule has 76 valence electrons. The Bertz CT molecular complexity index is 185. The van der Waals surface area contributed by atoms with Crippen molar-refractivity contribution in [2.24, 2.45) is 17.3 Å². The first kappa shape index (κ1) is 11.0. The van der Waals surface area contributed by atoms with Gasteiger partial charge < -0.3 is 0 Å². The van der Waals surface area contributed by atoms with Crippen LogP contribution in [0, 0.1) is 17.3 Å². The maximum Gasteiger partial charge on any atom is 0.224 e. The van der Waals surface area contributed by atoms with Gasteiger partial charge in [0, 0.05) is 5.92 Å². The van der Waals surface area contributed by atoms with Crippen molar-refractivity contribution in [2.75, 3.05) is 0 Å². The zero-order valence-electron chi connectivity index (χ0n) is 8.77. The highest BCUT2D eigenvalue weighted by Gasteiger charge is 2.31. The van der Waals surface area contributed by atoms with E-state index in [9.17, 15) is 4.79 Å². The van der Waals surface area contributed by atoms with Crippen molar-refractivity contribution >= 4 is 16.8 Å². The summed E-state index contributed by atoms with van der Waals surface area (Å²) in [6.45, 7) is 6.83. The lowest BCUT2D eigenvalue weighted by molar-refractivity contribution is -0.116. The second-order valence-electron chi connectivity index (χ2n) is 5.22. The van der Waals surface area contributed by atoms with Gasteiger partial charge in [-0.05, 0) is 48.6 Å². The first-order chi connectivity index (χ1) is 5.91. The highest BCUT2D eigenvalue weighted by atomic mass is 35.5. The van der Waals surface area contributed by atoms with Gasteiger partial charge >= 0.3 is 0 Å². The Morgan fingerprint density at radius 3 is 1.92 bits per heavy atom. The van der Waals surface area contributed by atoms with E-state index in [1.54, 1.807) is 0 Å². The molecule has 1 fully saturated rings. The molecule has 0 aromatic heterocycles. The van der Waals surface area contributed by atoms with E-state index in [2.05, 4.69) is 20.8 Å². The summed E-state index contributed by atoms with van der Waals surface area (Å²) in [6.07, 6.45) is 4.30. The maximum absolute atomic E-state index is 10.9. The van der Waals surface area contributed by atoms with Gasteiger partial charge in [0.2, 0.25) is 5.24 Å². The SMILES string of the molecule is CC(C)(C)[C@H]1CC[C@@H](C(=O)Cl)CC1. The van der Waals surface area contributed by atoms with E-state index in [1.165, 1.54) is 0 Å². The molecular formula is C11H19ClO. The molecule has 0 amide bonds. The lowest BCUT2D eigenvalue weighted by Crippen LogP contribution is -2.27. The minimum absolute atomic E-state index is 0.132. The van der Waals surface area contributed by atoms with Crippen LogP contribution in [0.5, 0.6) is 0 Å². The average molecular weight is 203 g/mol. The molecule has 0 atom stereocenters. The molecule has 1 saturated carbocycles. The van der Waals surface area contributed by atoms with Crippen LogP contribution in [0.25, 0.3) is 0 Å². The molecule has 0 aliphatic heterocycles. The third kappa shape index (κ3) is 2.98. The Labute approximate surface area is 85.8 Å². The quantitative estimate of drug-likeness (QED) is 0.594. The van der Waals surface area contributed by atoms with Crippen molar-refractivity contribution in [1.29, 1.82) is 0 Å². The summed E-state index contributed by atoms with van der Waals surface area (Å²) in [5.74, 6) is 0.903. The Kier molecular flexibility index (Phi) is 3.39. The standard InChI is InChI=1S/C11H19ClO/c1-11(2,3)9-6-4-8(5-7-9)10(12)13/h8-9H,4-7H2,1-3H3/t8-,9+. The van der Waals surface area contributed by atoms with E-state index in [4.69, 9.17) is 11.6 Å². The largest absolute Gasteiger partial charge is 0.281 e. The summed E-state index contributed by atoms with van der Waals surface area (Å²) in [4.78, 5) is 10.9. The van der Waals surface area contributed by atoms with Crippen LogP contribution in [0.1, 0.15) is 46.5 Å². The third-order valence-corrected chi connectivity index (χ3v) is 3.58. The van der Waals surface area contributed by atoms with Crippen molar-refractivity contribution in [3.8, 4) is 0 Å². The van der Waals surface area contributed by atoms with Crippen LogP contribution < -0.4 is 0 Å². The van der Waals surface area contributed by atoms with E-state index in [0.29, 0.717) is 5.41 Å². The van der Waals surface area contributed by atoms with Gasteiger partial charge in [-0.15, -0.1) is 0 Å². The predicted octanol–water partition coefficient (Wildman–Crippen LogP) is 3.60. The first-order valence-electron chi connectivity index (χ1n) is 5.10. The van der Waals surface area contributed by atoms with Crippen LogP contribution in [0.15, 0.2) is 0 Å². The zero-order valence-corrected chi connectivity index (χ0v) is 9.53. The van der Waals surface area contributed by atoms with Crippen molar-refractivity contribution in [1.82, 2.24) is 0 Å². The molecule has 1 aliphatic carbocycles. The molecule has 1 nitrogen and oxygen atoms in total. The van der Waals surface area contributed by atoms with Gasteiger partial charge in [0.05, 0.1) is 0 Å². The van der Waals surface area contributed by atoms with Crippen LogP contribution in [-0.2, 0) is 4.79 Å². The summed E-state index contributed by atoms with van der Waals surface area (Å²) >= 11 is 5.48. The van der Waals surface area contributed by atoms with Gasteiger partial charge in [0.25, 0.3) is 0 Å². The number of halogens is 1. The van der Waals surface area contributed by atoms with E-state index in [1.807, 2.05) is 0 Å². The van der Waals surface area contributed by atoms with Crippen LogP contribution in [-0.4, -0.2) is 5.24 Å². The number of hydrogen-bond acceptors (Lipinski definition) is 1.